The van der Waals surface area contributed by atoms with Crippen LogP contribution < -0.4 is 10.1 Å². The van der Waals surface area contributed by atoms with Gasteiger partial charge in [0.2, 0.25) is 0 Å². The highest BCUT2D eigenvalue weighted by Gasteiger charge is 2.44. The third-order valence-corrected chi connectivity index (χ3v) is 4.77. The van der Waals surface area contributed by atoms with Crippen LogP contribution in [0.1, 0.15) is 18.7 Å². The fourth-order valence-electron chi connectivity index (χ4n) is 3.35. The number of aliphatic hydroxyl groups excluding tert-OH is 3. The van der Waals surface area contributed by atoms with Gasteiger partial charge in [-0.15, -0.1) is 0 Å². The zero-order chi connectivity index (χ0) is 21.3. The van der Waals surface area contributed by atoms with Crippen LogP contribution in [-0.4, -0.2) is 65.7 Å². The molecule has 0 bridgehead atoms. The van der Waals surface area contributed by atoms with Crippen molar-refractivity contribution in [1.29, 1.82) is 0 Å². The second-order valence-electron chi connectivity index (χ2n) is 6.87. The molecule has 4 atom stereocenters. The highest BCUT2D eigenvalue weighted by Crippen LogP contribution is 2.32. The number of anilines is 1. The highest BCUT2D eigenvalue weighted by atomic mass is 16.6. The molecule has 0 saturated carbocycles. The van der Waals surface area contributed by atoms with Crippen LogP contribution >= 0.6 is 0 Å². The molecule has 2 aromatic heterocycles. The SMILES string of the molecule is CC(=O)Oc1cccc(CNc2ncnc3c2ncn3[C@@H]2O[C@H](CO)[C@@H](O)[C@H]2O)c1. The first-order valence-electron chi connectivity index (χ1n) is 9.29. The van der Waals surface area contributed by atoms with E-state index in [-0.39, 0.29) is 0 Å². The van der Waals surface area contributed by atoms with E-state index in [0.29, 0.717) is 29.3 Å². The molecule has 4 rings (SSSR count). The monoisotopic (exact) mass is 415 g/mol. The molecule has 0 amide bonds. The molecule has 0 radical (unpaired) electrons. The number of imidazole rings is 1. The average Bonchev–Trinajstić information content (AvgIpc) is 3.28. The molecule has 0 spiro atoms. The summed E-state index contributed by atoms with van der Waals surface area (Å²) in [5.74, 6) is 0.514. The average molecular weight is 415 g/mol. The Bertz CT molecular complexity index is 1060. The van der Waals surface area contributed by atoms with Crippen molar-refractivity contribution >= 4 is 23.0 Å². The summed E-state index contributed by atoms with van der Waals surface area (Å²) in [6, 6.07) is 7.08. The first-order valence-corrected chi connectivity index (χ1v) is 9.29. The standard InChI is InChI=1S/C19H21N5O6/c1-10(26)29-12-4-2-3-11(5-12)6-20-17-14-18(22-8-21-17)24(9-23-14)19-16(28)15(27)13(7-25)30-19/h2-5,8-9,13,15-16,19,25,27-28H,6-7H2,1H3,(H,20,21,22)/t13-,15-,16-,19-/m1/s1. The summed E-state index contributed by atoms with van der Waals surface area (Å²) in [5, 5.41) is 32.7. The molecule has 11 heteroatoms. The Hall–Kier alpha value is -3.12. The lowest BCUT2D eigenvalue weighted by molar-refractivity contribution is -0.131. The highest BCUT2D eigenvalue weighted by molar-refractivity contribution is 5.82. The molecule has 11 nitrogen and oxygen atoms in total. The van der Waals surface area contributed by atoms with Crippen LogP contribution in [-0.2, 0) is 16.1 Å². The number of carbonyl (C=O) groups excluding carboxylic acids is 1. The number of esters is 1. The van der Waals surface area contributed by atoms with Crippen molar-refractivity contribution in [1.82, 2.24) is 19.5 Å². The minimum absolute atomic E-state index is 0.391. The van der Waals surface area contributed by atoms with Crippen LogP contribution in [0.25, 0.3) is 11.2 Å². The Labute approximate surface area is 170 Å². The summed E-state index contributed by atoms with van der Waals surface area (Å²) in [6.45, 7) is 1.31. The van der Waals surface area contributed by atoms with Crippen molar-refractivity contribution in [3.63, 3.8) is 0 Å². The van der Waals surface area contributed by atoms with E-state index in [1.807, 2.05) is 6.07 Å². The maximum atomic E-state index is 11.1. The number of fused-ring (bicyclic) bond motifs is 1. The van der Waals surface area contributed by atoms with Crippen LogP contribution in [0.15, 0.2) is 36.9 Å². The van der Waals surface area contributed by atoms with Crippen LogP contribution in [0.4, 0.5) is 5.82 Å². The number of hydrogen-bond acceptors (Lipinski definition) is 10. The van der Waals surface area contributed by atoms with Crippen molar-refractivity contribution in [3.05, 3.63) is 42.5 Å². The Kier molecular flexibility index (Phi) is 5.59. The van der Waals surface area contributed by atoms with E-state index in [2.05, 4.69) is 20.3 Å². The third kappa shape index (κ3) is 3.83. The van der Waals surface area contributed by atoms with Crippen molar-refractivity contribution < 1.29 is 29.6 Å². The van der Waals surface area contributed by atoms with E-state index in [0.717, 1.165) is 5.56 Å². The van der Waals surface area contributed by atoms with Crippen molar-refractivity contribution in [2.75, 3.05) is 11.9 Å². The Morgan fingerprint density at radius 3 is 2.83 bits per heavy atom. The molecule has 30 heavy (non-hydrogen) atoms. The summed E-state index contributed by atoms with van der Waals surface area (Å²) >= 11 is 0. The molecular formula is C19H21N5O6. The van der Waals surface area contributed by atoms with Crippen molar-refractivity contribution in [3.8, 4) is 5.75 Å². The van der Waals surface area contributed by atoms with Crippen LogP contribution in [0.2, 0.25) is 0 Å². The van der Waals surface area contributed by atoms with Crippen LogP contribution in [0.3, 0.4) is 0 Å². The number of hydrogen-bond donors (Lipinski definition) is 4. The van der Waals surface area contributed by atoms with Gasteiger partial charge < -0.3 is 30.1 Å². The topological polar surface area (TPSA) is 152 Å². The van der Waals surface area contributed by atoms with E-state index in [9.17, 15) is 20.1 Å². The summed E-state index contributed by atoms with van der Waals surface area (Å²) in [4.78, 5) is 23.9. The maximum Gasteiger partial charge on any atom is 0.308 e. The predicted octanol–water partition coefficient (Wildman–Crippen LogP) is -0.0248. The van der Waals surface area contributed by atoms with Crippen molar-refractivity contribution in [2.45, 2.75) is 38.0 Å². The van der Waals surface area contributed by atoms with Gasteiger partial charge in [0, 0.05) is 13.5 Å². The van der Waals surface area contributed by atoms with Gasteiger partial charge in [0.25, 0.3) is 0 Å². The van der Waals surface area contributed by atoms with Gasteiger partial charge in [-0.25, -0.2) is 15.0 Å². The second kappa shape index (κ2) is 8.32. The van der Waals surface area contributed by atoms with E-state index in [1.54, 1.807) is 18.2 Å². The Morgan fingerprint density at radius 2 is 2.10 bits per heavy atom. The minimum Gasteiger partial charge on any atom is -0.427 e. The van der Waals surface area contributed by atoms with E-state index in [1.165, 1.54) is 24.1 Å². The van der Waals surface area contributed by atoms with Gasteiger partial charge in [0.1, 0.15) is 30.4 Å². The van der Waals surface area contributed by atoms with Gasteiger partial charge in [-0.3, -0.25) is 9.36 Å². The fraction of sp³-hybridized carbons (Fsp3) is 0.368. The number of aromatic nitrogens is 4. The summed E-state index contributed by atoms with van der Waals surface area (Å²) in [6.07, 6.45) is -1.51. The molecule has 4 N–H and O–H groups in total. The maximum absolute atomic E-state index is 11.1. The second-order valence-corrected chi connectivity index (χ2v) is 6.87. The quantitative estimate of drug-likeness (QED) is 0.319. The largest absolute Gasteiger partial charge is 0.427 e. The molecule has 1 fully saturated rings. The molecule has 3 aromatic rings. The zero-order valence-electron chi connectivity index (χ0n) is 16.0. The molecule has 1 aliphatic heterocycles. The number of nitrogens with one attached hydrogen (secondary N) is 1. The molecule has 0 aliphatic carbocycles. The van der Waals surface area contributed by atoms with Gasteiger partial charge in [-0.1, -0.05) is 12.1 Å². The first kappa shape index (κ1) is 20.2. The lowest BCUT2D eigenvalue weighted by atomic mass is 10.1. The number of carbonyl (C=O) groups is 1. The Morgan fingerprint density at radius 1 is 1.27 bits per heavy atom. The number of benzene rings is 1. The lowest BCUT2D eigenvalue weighted by Crippen LogP contribution is -2.33. The summed E-state index contributed by atoms with van der Waals surface area (Å²) in [5.41, 5.74) is 1.71. The smallest absolute Gasteiger partial charge is 0.308 e. The van der Waals surface area contributed by atoms with Crippen molar-refractivity contribution in [2.24, 2.45) is 0 Å². The van der Waals surface area contributed by atoms with Gasteiger partial charge >= 0.3 is 5.97 Å². The molecule has 1 saturated heterocycles. The predicted molar refractivity (Wildman–Crippen MR) is 103 cm³/mol. The van der Waals surface area contributed by atoms with Gasteiger partial charge in [0.05, 0.1) is 12.9 Å². The van der Waals surface area contributed by atoms with Crippen LogP contribution in [0.5, 0.6) is 5.75 Å². The summed E-state index contributed by atoms with van der Waals surface area (Å²) < 4.78 is 12.1. The van der Waals surface area contributed by atoms with E-state index in [4.69, 9.17) is 9.47 Å². The minimum atomic E-state index is -1.24. The number of rotatable bonds is 6. The summed E-state index contributed by atoms with van der Waals surface area (Å²) in [7, 11) is 0. The van der Waals surface area contributed by atoms with Gasteiger partial charge in [-0.2, -0.15) is 0 Å². The third-order valence-electron chi connectivity index (χ3n) is 4.77. The van der Waals surface area contributed by atoms with Crippen LogP contribution in [0, 0.1) is 0 Å². The molecule has 3 heterocycles. The molecule has 1 aliphatic rings. The van der Waals surface area contributed by atoms with E-state index >= 15 is 0 Å². The number of nitrogens with zero attached hydrogens (tertiary/aromatic N) is 4. The molecule has 1 aromatic carbocycles. The fourth-order valence-corrected chi connectivity index (χ4v) is 3.35. The van der Waals surface area contributed by atoms with Gasteiger partial charge in [0.15, 0.2) is 23.2 Å². The van der Waals surface area contributed by atoms with E-state index < -0.39 is 37.1 Å². The number of ether oxygens (including phenoxy) is 2. The number of aliphatic hydroxyl groups is 3. The molecule has 158 valence electrons. The zero-order valence-corrected chi connectivity index (χ0v) is 16.0. The van der Waals surface area contributed by atoms with Gasteiger partial charge in [-0.05, 0) is 17.7 Å². The first-order chi connectivity index (χ1) is 14.5. The molecule has 0 unspecified atom stereocenters. The molecular weight excluding hydrogens is 394 g/mol. The normalized spacial score (nSPS) is 23.6. The Balaban J connectivity index is 1.55. The lowest BCUT2D eigenvalue weighted by Gasteiger charge is -2.16.